The van der Waals surface area contributed by atoms with Gasteiger partial charge in [0.25, 0.3) is 5.91 Å². The molecule has 0 saturated heterocycles. The molecule has 2 amide bonds. The van der Waals surface area contributed by atoms with Crippen molar-refractivity contribution in [2.24, 2.45) is 0 Å². The predicted octanol–water partition coefficient (Wildman–Crippen LogP) is 1.37. The molecular weight excluding hydrogens is 338 g/mol. The number of aryl methyl sites for hydroxylation is 2. The Morgan fingerprint density at radius 1 is 1.17 bits per heavy atom. The molecule has 0 bridgehead atoms. The van der Waals surface area contributed by atoms with Crippen LogP contribution in [-0.4, -0.2) is 29.4 Å². The predicted molar refractivity (Wildman–Crippen MR) is 86.2 cm³/mol. The number of nitrogens with zero attached hydrogens (tertiary/aromatic N) is 1. The minimum Gasteiger partial charge on any atom is -0.451 e. The summed E-state index contributed by atoms with van der Waals surface area (Å²) in [5.41, 5.74) is 6.08. The number of aromatic nitrogens is 1. The highest BCUT2D eigenvalue weighted by atomic mass is 32.1. The number of hydrazine groups is 1. The lowest BCUT2D eigenvalue weighted by atomic mass is 10.3. The monoisotopic (exact) mass is 353 g/mol. The van der Waals surface area contributed by atoms with Crippen molar-refractivity contribution < 1.29 is 19.1 Å². The van der Waals surface area contributed by atoms with Gasteiger partial charge in [0.2, 0.25) is 5.91 Å². The second-order valence-corrected chi connectivity index (χ2v) is 6.52. The summed E-state index contributed by atoms with van der Waals surface area (Å²) in [6, 6.07) is 1.79. The van der Waals surface area contributed by atoms with E-state index >= 15 is 0 Å². The normalized spacial score (nSPS) is 10.2. The summed E-state index contributed by atoms with van der Waals surface area (Å²) in [7, 11) is 0. The number of carbonyl (C=O) groups is 3. The van der Waals surface area contributed by atoms with E-state index in [-0.39, 0.29) is 6.42 Å². The number of hydrogen-bond donors (Lipinski definition) is 2. The molecule has 2 rings (SSSR count). The maximum atomic E-state index is 11.7. The number of hydrogen-bond acceptors (Lipinski definition) is 7. The zero-order chi connectivity index (χ0) is 16.8. The second-order valence-electron chi connectivity index (χ2n) is 4.66. The van der Waals surface area contributed by atoms with Crippen LogP contribution in [0.3, 0.4) is 0 Å². The molecule has 0 radical (unpaired) electrons. The largest absolute Gasteiger partial charge is 0.451 e. The van der Waals surface area contributed by atoms with Crippen LogP contribution in [0, 0.1) is 13.8 Å². The van der Waals surface area contributed by atoms with E-state index in [9.17, 15) is 14.4 Å². The highest BCUT2D eigenvalue weighted by Gasteiger charge is 2.14. The Kier molecular flexibility index (Phi) is 5.83. The Bertz CT molecular complexity index is 723. The first kappa shape index (κ1) is 17.1. The van der Waals surface area contributed by atoms with Gasteiger partial charge >= 0.3 is 5.97 Å². The van der Waals surface area contributed by atoms with Gasteiger partial charge in [-0.25, -0.2) is 9.78 Å². The fourth-order valence-electron chi connectivity index (χ4n) is 1.62. The van der Waals surface area contributed by atoms with Gasteiger partial charge in [0, 0.05) is 11.1 Å². The molecule has 2 aromatic heterocycles. The second kappa shape index (κ2) is 7.84. The number of amides is 2. The van der Waals surface area contributed by atoms with Gasteiger partial charge in [0.05, 0.1) is 6.42 Å². The first-order chi connectivity index (χ1) is 11.0. The molecule has 122 valence electrons. The number of ether oxygens (including phenoxy) is 1. The van der Waals surface area contributed by atoms with Crippen LogP contribution in [0.2, 0.25) is 0 Å². The molecule has 2 aromatic rings. The molecule has 0 aliphatic rings. The third-order valence-electron chi connectivity index (χ3n) is 2.70. The van der Waals surface area contributed by atoms with Crippen LogP contribution >= 0.6 is 22.7 Å². The lowest BCUT2D eigenvalue weighted by Crippen LogP contribution is -2.44. The van der Waals surface area contributed by atoms with E-state index in [1.807, 2.05) is 12.3 Å². The smallest absolute Gasteiger partial charge is 0.349 e. The summed E-state index contributed by atoms with van der Waals surface area (Å²) in [6.07, 6.45) is 0.0764. The van der Waals surface area contributed by atoms with Crippen LogP contribution in [0.4, 0.5) is 0 Å². The van der Waals surface area contributed by atoms with Crippen molar-refractivity contribution in [1.82, 2.24) is 15.8 Å². The van der Waals surface area contributed by atoms with Gasteiger partial charge in [0.1, 0.15) is 9.88 Å². The van der Waals surface area contributed by atoms with Crippen LogP contribution in [0.15, 0.2) is 16.8 Å². The molecule has 0 aromatic carbocycles. The number of carbonyl (C=O) groups excluding carboxylic acids is 3. The summed E-state index contributed by atoms with van der Waals surface area (Å²) in [5, 5.41) is 4.27. The average molecular weight is 353 g/mol. The van der Waals surface area contributed by atoms with E-state index in [1.165, 1.54) is 22.7 Å². The minimum atomic E-state index is -0.615. The third-order valence-corrected chi connectivity index (χ3v) is 4.66. The molecule has 23 heavy (non-hydrogen) atoms. The van der Waals surface area contributed by atoms with Crippen molar-refractivity contribution in [3.8, 4) is 0 Å². The first-order valence-electron chi connectivity index (χ1n) is 6.65. The van der Waals surface area contributed by atoms with Crippen LogP contribution in [-0.2, 0) is 20.7 Å². The molecule has 2 heterocycles. The maximum absolute atomic E-state index is 11.7. The topological polar surface area (TPSA) is 97.4 Å². The number of thiazole rings is 1. The van der Waals surface area contributed by atoms with Crippen LogP contribution < -0.4 is 10.9 Å². The Labute approximate surface area is 140 Å². The summed E-state index contributed by atoms with van der Waals surface area (Å²) < 4.78 is 4.88. The van der Waals surface area contributed by atoms with E-state index in [4.69, 9.17) is 4.74 Å². The number of nitrogens with one attached hydrogen (secondary N) is 2. The van der Waals surface area contributed by atoms with Gasteiger partial charge in [-0.15, -0.1) is 22.7 Å². The van der Waals surface area contributed by atoms with Crippen molar-refractivity contribution in [2.75, 3.05) is 6.61 Å². The summed E-state index contributed by atoms with van der Waals surface area (Å²) in [6.45, 7) is 3.16. The van der Waals surface area contributed by atoms with Crippen LogP contribution in [0.25, 0.3) is 0 Å². The molecule has 0 fully saturated rings. The maximum Gasteiger partial charge on any atom is 0.349 e. The van der Waals surface area contributed by atoms with Crippen molar-refractivity contribution >= 4 is 40.5 Å². The van der Waals surface area contributed by atoms with Crippen LogP contribution in [0.1, 0.15) is 25.9 Å². The molecule has 0 aliphatic heterocycles. The molecule has 0 unspecified atom stereocenters. The van der Waals surface area contributed by atoms with E-state index in [1.54, 1.807) is 18.4 Å². The number of thiophene rings is 1. The highest BCUT2D eigenvalue weighted by molar-refractivity contribution is 7.12. The molecule has 0 spiro atoms. The SMILES string of the molecule is Cc1csc(CC(=O)NNC(=O)COC(=O)c2sccc2C)n1. The zero-order valence-corrected chi connectivity index (χ0v) is 14.2. The Balaban J connectivity index is 1.69. The quantitative estimate of drug-likeness (QED) is 0.625. The van der Waals surface area contributed by atoms with Gasteiger partial charge in [-0.2, -0.15) is 0 Å². The fourth-order valence-corrected chi connectivity index (χ4v) is 3.21. The fraction of sp³-hybridized carbons (Fsp3) is 0.286. The lowest BCUT2D eigenvalue weighted by Gasteiger charge is -2.07. The van der Waals surface area contributed by atoms with E-state index < -0.39 is 24.4 Å². The zero-order valence-electron chi connectivity index (χ0n) is 12.5. The Hall–Kier alpha value is -2.26. The summed E-state index contributed by atoms with van der Waals surface area (Å²) >= 11 is 2.62. The molecule has 7 nitrogen and oxygen atoms in total. The number of esters is 1. The van der Waals surface area contributed by atoms with E-state index in [0.29, 0.717) is 9.88 Å². The molecule has 0 saturated carbocycles. The van der Waals surface area contributed by atoms with E-state index in [2.05, 4.69) is 15.8 Å². The summed E-state index contributed by atoms with van der Waals surface area (Å²) in [4.78, 5) is 39.5. The van der Waals surface area contributed by atoms with Gasteiger partial charge in [-0.1, -0.05) is 0 Å². The van der Waals surface area contributed by atoms with Crippen molar-refractivity contribution in [1.29, 1.82) is 0 Å². The van der Waals surface area contributed by atoms with E-state index in [0.717, 1.165) is 11.3 Å². The van der Waals surface area contributed by atoms with Gasteiger partial charge in [0.15, 0.2) is 6.61 Å². The molecule has 0 aliphatic carbocycles. The van der Waals surface area contributed by atoms with Crippen molar-refractivity contribution in [2.45, 2.75) is 20.3 Å². The standard InChI is InChI=1S/C14H15N3O4S2/c1-8-3-4-22-13(8)14(20)21-6-11(19)17-16-10(18)5-12-15-9(2)7-23-12/h3-4,7H,5-6H2,1-2H3,(H,16,18)(H,17,19). The highest BCUT2D eigenvalue weighted by Crippen LogP contribution is 2.16. The molecule has 9 heteroatoms. The number of rotatable bonds is 5. The molecule has 0 atom stereocenters. The Morgan fingerprint density at radius 3 is 2.52 bits per heavy atom. The molecular formula is C14H15N3O4S2. The summed E-state index contributed by atoms with van der Waals surface area (Å²) in [5.74, 6) is -1.57. The van der Waals surface area contributed by atoms with Gasteiger partial charge in [-0.05, 0) is 30.9 Å². The average Bonchev–Trinajstić information content (AvgIpc) is 3.11. The Morgan fingerprint density at radius 2 is 1.91 bits per heavy atom. The van der Waals surface area contributed by atoms with Crippen molar-refractivity contribution in [3.63, 3.8) is 0 Å². The first-order valence-corrected chi connectivity index (χ1v) is 8.41. The van der Waals surface area contributed by atoms with Gasteiger partial charge in [-0.3, -0.25) is 20.4 Å². The molecule has 2 N–H and O–H groups in total. The lowest BCUT2D eigenvalue weighted by molar-refractivity contribution is -0.130. The van der Waals surface area contributed by atoms with Gasteiger partial charge < -0.3 is 4.74 Å². The minimum absolute atomic E-state index is 0.0764. The van der Waals surface area contributed by atoms with Crippen LogP contribution in [0.5, 0.6) is 0 Å². The third kappa shape index (κ3) is 5.15. The van der Waals surface area contributed by atoms with Crippen molar-refractivity contribution in [3.05, 3.63) is 38.0 Å².